The Labute approximate surface area is 199 Å². The molecule has 1 saturated heterocycles. The predicted molar refractivity (Wildman–Crippen MR) is 128 cm³/mol. The fraction of sp³-hybridized carbons (Fsp3) is 0.346. The molecule has 8 nitrogen and oxygen atoms in total. The second-order valence-corrected chi connectivity index (χ2v) is 8.27. The van der Waals surface area contributed by atoms with Gasteiger partial charge in [0, 0.05) is 51.1 Å². The maximum absolute atomic E-state index is 12.7. The van der Waals surface area contributed by atoms with E-state index in [2.05, 4.69) is 15.2 Å². The molecule has 1 aliphatic rings. The van der Waals surface area contributed by atoms with Gasteiger partial charge in [-0.2, -0.15) is 0 Å². The minimum Gasteiger partial charge on any atom is -0.497 e. The second-order valence-electron chi connectivity index (χ2n) is 8.27. The van der Waals surface area contributed by atoms with Gasteiger partial charge in [0.05, 0.1) is 19.9 Å². The zero-order valence-electron chi connectivity index (χ0n) is 19.4. The molecule has 178 valence electrons. The Bertz CT molecular complexity index is 1070. The summed E-state index contributed by atoms with van der Waals surface area (Å²) in [6.45, 7) is 3.48. The largest absolute Gasteiger partial charge is 0.497 e. The number of oxazole rings is 1. The number of rotatable bonds is 9. The summed E-state index contributed by atoms with van der Waals surface area (Å²) in [5.74, 6) is 2.08. The Balaban J connectivity index is 1.17. The summed E-state index contributed by atoms with van der Waals surface area (Å²) >= 11 is 0. The van der Waals surface area contributed by atoms with Gasteiger partial charge in [0.15, 0.2) is 11.7 Å². The second kappa shape index (κ2) is 11.5. The van der Waals surface area contributed by atoms with Crippen LogP contribution >= 0.6 is 0 Å². The molecule has 4 rings (SSSR count). The number of amides is 2. The van der Waals surface area contributed by atoms with Crippen molar-refractivity contribution in [2.24, 2.45) is 0 Å². The summed E-state index contributed by atoms with van der Waals surface area (Å²) in [6, 6.07) is 17.4. The molecule has 1 aliphatic heterocycles. The highest BCUT2D eigenvalue weighted by Gasteiger charge is 2.22. The highest BCUT2D eigenvalue weighted by atomic mass is 16.5. The minimum absolute atomic E-state index is 0.000174. The lowest BCUT2D eigenvalue weighted by molar-refractivity contribution is -0.133. The molecule has 0 aliphatic carbocycles. The van der Waals surface area contributed by atoms with Crippen molar-refractivity contribution in [2.45, 2.75) is 19.4 Å². The lowest BCUT2D eigenvalue weighted by Crippen LogP contribution is -2.51. The highest BCUT2D eigenvalue weighted by molar-refractivity contribution is 5.78. The highest BCUT2D eigenvalue weighted by Crippen LogP contribution is 2.23. The molecule has 0 radical (unpaired) electrons. The molecular weight excluding hydrogens is 432 g/mol. The van der Waals surface area contributed by atoms with Crippen molar-refractivity contribution in [1.82, 2.24) is 20.1 Å². The third-order valence-corrected chi connectivity index (χ3v) is 5.91. The SMILES string of the molecule is COc1ccc(-c2cnc(CCC(=O)N3CCN(CC(=O)NCc4ccccc4)CC3)o2)cc1. The van der Waals surface area contributed by atoms with Crippen LogP contribution in [0.3, 0.4) is 0 Å². The first kappa shape index (κ1) is 23.5. The number of methoxy groups -OCH3 is 1. The molecule has 0 atom stereocenters. The fourth-order valence-electron chi connectivity index (χ4n) is 3.90. The van der Waals surface area contributed by atoms with Gasteiger partial charge < -0.3 is 19.4 Å². The Hall–Kier alpha value is -3.65. The normalized spacial score (nSPS) is 14.1. The van der Waals surface area contributed by atoms with Gasteiger partial charge in [0.1, 0.15) is 5.75 Å². The molecule has 3 aromatic rings. The van der Waals surface area contributed by atoms with Crippen molar-refractivity contribution in [3.05, 3.63) is 72.2 Å². The van der Waals surface area contributed by atoms with E-state index in [9.17, 15) is 9.59 Å². The van der Waals surface area contributed by atoms with Crippen molar-refractivity contribution in [3.63, 3.8) is 0 Å². The first-order chi connectivity index (χ1) is 16.6. The van der Waals surface area contributed by atoms with Crippen molar-refractivity contribution in [2.75, 3.05) is 39.8 Å². The number of hydrogen-bond donors (Lipinski definition) is 1. The van der Waals surface area contributed by atoms with E-state index in [0.717, 1.165) is 16.9 Å². The van der Waals surface area contributed by atoms with E-state index in [0.29, 0.717) is 63.8 Å². The molecule has 0 unspecified atom stereocenters. The average Bonchev–Trinajstić information content (AvgIpc) is 3.36. The van der Waals surface area contributed by atoms with E-state index in [1.165, 1.54) is 0 Å². The monoisotopic (exact) mass is 462 g/mol. The summed E-state index contributed by atoms with van der Waals surface area (Å²) in [5.41, 5.74) is 1.99. The fourth-order valence-corrected chi connectivity index (χ4v) is 3.90. The minimum atomic E-state index is 0.000174. The third-order valence-electron chi connectivity index (χ3n) is 5.91. The Kier molecular flexibility index (Phi) is 7.93. The Morgan fingerprint density at radius 2 is 1.76 bits per heavy atom. The van der Waals surface area contributed by atoms with E-state index in [4.69, 9.17) is 9.15 Å². The first-order valence-corrected chi connectivity index (χ1v) is 11.5. The van der Waals surface area contributed by atoms with Crippen molar-refractivity contribution in [1.29, 1.82) is 0 Å². The van der Waals surface area contributed by atoms with Crippen LogP contribution in [0.2, 0.25) is 0 Å². The summed E-state index contributed by atoms with van der Waals surface area (Å²) in [4.78, 5) is 33.1. The number of ether oxygens (including phenoxy) is 1. The summed E-state index contributed by atoms with van der Waals surface area (Å²) < 4.78 is 11.0. The molecule has 34 heavy (non-hydrogen) atoms. The van der Waals surface area contributed by atoms with Crippen molar-refractivity contribution in [3.8, 4) is 17.1 Å². The van der Waals surface area contributed by atoms with Crippen LogP contribution in [0, 0.1) is 0 Å². The number of carbonyl (C=O) groups is 2. The van der Waals surface area contributed by atoms with E-state index in [1.54, 1.807) is 13.3 Å². The van der Waals surface area contributed by atoms with Gasteiger partial charge >= 0.3 is 0 Å². The van der Waals surface area contributed by atoms with E-state index in [-0.39, 0.29) is 11.8 Å². The van der Waals surface area contributed by atoms with Gasteiger partial charge in [0.2, 0.25) is 11.8 Å². The average molecular weight is 463 g/mol. The lowest BCUT2D eigenvalue weighted by atomic mass is 10.2. The zero-order valence-corrected chi connectivity index (χ0v) is 19.4. The van der Waals surface area contributed by atoms with E-state index < -0.39 is 0 Å². The number of piperazine rings is 1. The quantitative estimate of drug-likeness (QED) is 0.526. The number of nitrogens with zero attached hydrogens (tertiary/aromatic N) is 3. The van der Waals surface area contributed by atoms with Crippen molar-refractivity contribution >= 4 is 11.8 Å². The molecule has 0 saturated carbocycles. The van der Waals surface area contributed by atoms with Gasteiger partial charge in [-0.1, -0.05) is 30.3 Å². The van der Waals surface area contributed by atoms with Crippen LogP contribution in [0.15, 0.2) is 65.2 Å². The van der Waals surface area contributed by atoms with Gasteiger partial charge in [-0.25, -0.2) is 4.98 Å². The van der Waals surface area contributed by atoms with Crippen LogP contribution in [0.5, 0.6) is 5.75 Å². The molecule has 2 amide bonds. The third kappa shape index (κ3) is 6.45. The summed E-state index contributed by atoms with van der Waals surface area (Å²) in [6.07, 6.45) is 2.49. The molecule has 0 spiro atoms. The van der Waals surface area contributed by atoms with E-state index >= 15 is 0 Å². The number of nitrogens with one attached hydrogen (secondary N) is 1. The van der Waals surface area contributed by atoms with Crippen LogP contribution in [0.25, 0.3) is 11.3 Å². The molecule has 1 fully saturated rings. The first-order valence-electron chi connectivity index (χ1n) is 11.5. The molecule has 1 aromatic heterocycles. The zero-order chi connectivity index (χ0) is 23.8. The maximum atomic E-state index is 12.7. The molecule has 1 N–H and O–H groups in total. The smallest absolute Gasteiger partial charge is 0.234 e. The Morgan fingerprint density at radius 1 is 1.03 bits per heavy atom. The standard InChI is InChI=1S/C26H30N4O4/c1-33-22-9-7-21(8-10-22)23-18-28-25(34-23)11-12-26(32)30-15-13-29(14-16-30)19-24(31)27-17-20-5-3-2-4-6-20/h2-10,18H,11-17,19H2,1H3,(H,27,31). The van der Waals surface area contributed by atoms with Gasteiger partial charge in [-0.05, 0) is 29.8 Å². The van der Waals surface area contributed by atoms with Crippen LogP contribution in [-0.4, -0.2) is 66.4 Å². The van der Waals surface area contributed by atoms with Gasteiger partial charge in [0.25, 0.3) is 0 Å². The Morgan fingerprint density at radius 3 is 2.47 bits per heavy atom. The van der Waals surface area contributed by atoms with Crippen LogP contribution in [-0.2, 0) is 22.6 Å². The maximum Gasteiger partial charge on any atom is 0.234 e. The number of aromatic nitrogens is 1. The van der Waals surface area contributed by atoms with Crippen LogP contribution < -0.4 is 10.1 Å². The number of carbonyl (C=O) groups excluding carboxylic acids is 2. The summed E-state index contributed by atoms with van der Waals surface area (Å²) in [5, 5.41) is 2.95. The van der Waals surface area contributed by atoms with E-state index in [1.807, 2.05) is 59.5 Å². The van der Waals surface area contributed by atoms with Gasteiger partial charge in [-0.15, -0.1) is 0 Å². The number of aryl methyl sites for hydroxylation is 1. The summed E-state index contributed by atoms with van der Waals surface area (Å²) in [7, 11) is 1.63. The van der Waals surface area contributed by atoms with Crippen LogP contribution in [0.4, 0.5) is 0 Å². The van der Waals surface area contributed by atoms with Crippen LogP contribution in [0.1, 0.15) is 17.9 Å². The topological polar surface area (TPSA) is 87.9 Å². The molecule has 2 aromatic carbocycles. The number of hydrogen-bond acceptors (Lipinski definition) is 6. The predicted octanol–water partition coefficient (Wildman–Crippen LogP) is 2.74. The lowest BCUT2D eigenvalue weighted by Gasteiger charge is -2.34. The molecule has 8 heteroatoms. The number of benzene rings is 2. The van der Waals surface area contributed by atoms with Crippen molar-refractivity contribution < 1.29 is 18.7 Å². The molecule has 0 bridgehead atoms. The molecular formula is C26H30N4O4. The van der Waals surface area contributed by atoms with Gasteiger partial charge in [-0.3, -0.25) is 14.5 Å². The molecule has 2 heterocycles.